The van der Waals surface area contributed by atoms with E-state index >= 15 is 0 Å². The Kier molecular flexibility index (Phi) is 3.32. The quantitative estimate of drug-likeness (QED) is 0.935. The van der Waals surface area contributed by atoms with Crippen LogP contribution in [-0.4, -0.2) is 13.7 Å². The Hall–Kier alpha value is -2.07. The van der Waals surface area contributed by atoms with Crippen LogP contribution in [0.15, 0.2) is 42.5 Å². The van der Waals surface area contributed by atoms with Crippen LogP contribution in [0.3, 0.4) is 0 Å². The van der Waals surface area contributed by atoms with Crippen LogP contribution in [0, 0.1) is 5.82 Å². The highest BCUT2D eigenvalue weighted by Gasteiger charge is 2.31. The maximum atomic E-state index is 14.3. The van der Waals surface area contributed by atoms with E-state index in [1.54, 1.807) is 18.2 Å². The van der Waals surface area contributed by atoms with Gasteiger partial charge in [0.15, 0.2) is 11.6 Å². The molecule has 0 amide bonds. The van der Waals surface area contributed by atoms with E-state index in [0.29, 0.717) is 12.2 Å². The minimum absolute atomic E-state index is 0.0483. The van der Waals surface area contributed by atoms with Gasteiger partial charge in [-0.3, -0.25) is 0 Å². The Morgan fingerprint density at radius 2 is 2.05 bits per heavy atom. The van der Waals surface area contributed by atoms with Crippen LogP contribution in [0.25, 0.3) is 0 Å². The zero-order chi connectivity index (χ0) is 14.1. The summed E-state index contributed by atoms with van der Waals surface area (Å²) in [6.45, 7) is 0.469. The molecular formula is C16H16FNO2. The van der Waals surface area contributed by atoms with Crippen LogP contribution in [0.4, 0.5) is 4.39 Å². The van der Waals surface area contributed by atoms with Gasteiger partial charge in [0, 0.05) is 23.1 Å². The van der Waals surface area contributed by atoms with Crippen molar-refractivity contribution in [3.8, 4) is 11.5 Å². The number of ether oxygens (including phenoxy) is 2. The highest BCUT2D eigenvalue weighted by atomic mass is 19.1. The molecule has 1 aliphatic heterocycles. The van der Waals surface area contributed by atoms with Gasteiger partial charge in [-0.1, -0.05) is 30.3 Å². The van der Waals surface area contributed by atoms with Crippen molar-refractivity contribution in [2.75, 3.05) is 13.7 Å². The molecule has 4 heteroatoms. The predicted molar refractivity (Wildman–Crippen MR) is 74.6 cm³/mol. The van der Waals surface area contributed by atoms with Gasteiger partial charge in [0.05, 0.1) is 13.7 Å². The van der Waals surface area contributed by atoms with Gasteiger partial charge < -0.3 is 15.2 Å². The van der Waals surface area contributed by atoms with E-state index in [-0.39, 0.29) is 11.7 Å². The lowest BCUT2D eigenvalue weighted by Gasteiger charge is -2.20. The number of hydrogen-bond acceptors (Lipinski definition) is 3. The predicted octanol–water partition coefficient (Wildman–Crippen LogP) is 3.01. The molecule has 104 valence electrons. The molecule has 0 spiro atoms. The lowest BCUT2D eigenvalue weighted by atomic mass is 9.89. The number of hydrogen-bond donors (Lipinski definition) is 1. The molecule has 0 radical (unpaired) electrons. The van der Waals surface area contributed by atoms with Crippen molar-refractivity contribution in [2.45, 2.75) is 12.0 Å². The number of benzene rings is 2. The zero-order valence-electron chi connectivity index (χ0n) is 11.2. The lowest BCUT2D eigenvalue weighted by molar-refractivity contribution is 0.312. The normalized spacial score (nSPS) is 18.2. The molecule has 2 aromatic rings. The molecule has 0 aromatic heterocycles. The summed E-state index contributed by atoms with van der Waals surface area (Å²) >= 11 is 0. The van der Waals surface area contributed by atoms with E-state index in [2.05, 4.69) is 0 Å². The summed E-state index contributed by atoms with van der Waals surface area (Å²) in [4.78, 5) is 0. The number of nitrogens with two attached hydrogens (primary N) is 1. The molecule has 1 heterocycles. The molecule has 0 saturated carbocycles. The largest absolute Gasteiger partial charge is 0.494 e. The standard InChI is InChI=1S/C16H16FNO2/c1-19-14-8-4-6-11(15(14)17)16(18)12-9-20-13-7-3-2-5-10(12)13/h2-8,12,16H,9,18H2,1H3. The summed E-state index contributed by atoms with van der Waals surface area (Å²) in [6.07, 6.45) is 0. The zero-order valence-corrected chi connectivity index (χ0v) is 11.2. The summed E-state index contributed by atoms with van der Waals surface area (Å²) in [5.41, 5.74) is 7.75. The fourth-order valence-corrected chi connectivity index (χ4v) is 2.64. The van der Waals surface area contributed by atoms with Crippen LogP contribution in [0.5, 0.6) is 11.5 Å². The van der Waals surface area contributed by atoms with Gasteiger partial charge in [0.1, 0.15) is 5.75 Å². The van der Waals surface area contributed by atoms with E-state index in [1.165, 1.54) is 7.11 Å². The van der Waals surface area contributed by atoms with Crippen molar-refractivity contribution in [3.63, 3.8) is 0 Å². The number of methoxy groups -OCH3 is 1. The molecule has 2 unspecified atom stereocenters. The third-order valence-corrected chi connectivity index (χ3v) is 3.74. The van der Waals surface area contributed by atoms with Crippen molar-refractivity contribution >= 4 is 0 Å². The van der Waals surface area contributed by atoms with E-state index in [4.69, 9.17) is 15.2 Å². The number of para-hydroxylation sites is 1. The first kappa shape index (κ1) is 12.9. The molecule has 2 atom stereocenters. The molecule has 3 rings (SSSR count). The molecule has 2 N–H and O–H groups in total. The summed E-state index contributed by atoms with van der Waals surface area (Å²) in [5, 5.41) is 0. The minimum Gasteiger partial charge on any atom is -0.494 e. The minimum atomic E-state index is -0.464. The third-order valence-electron chi connectivity index (χ3n) is 3.74. The molecule has 0 saturated heterocycles. The summed E-state index contributed by atoms with van der Waals surface area (Å²) in [5.74, 6) is 0.598. The molecule has 20 heavy (non-hydrogen) atoms. The van der Waals surface area contributed by atoms with Crippen molar-refractivity contribution < 1.29 is 13.9 Å². The topological polar surface area (TPSA) is 44.5 Å². The van der Waals surface area contributed by atoms with Crippen molar-refractivity contribution in [1.29, 1.82) is 0 Å². The third kappa shape index (κ3) is 2.02. The Balaban J connectivity index is 1.97. The van der Waals surface area contributed by atoms with Crippen LogP contribution >= 0.6 is 0 Å². The average Bonchev–Trinajstić information content (AvgIpc) is 2.91. The highest BCUT2D eigenvalue weighted by Crippen LogP contribution is 2.41. The van der Waals surface area contributed by atoms with Crippen LogP contribution in [-0.2, 0) is 0 Å². The first-order valence-corrected chi connectivity index (χ1v) is 6.52. The maximum Gasteiger partial charge on any atom is 0.169 e. The first-order valence-electron chi connectivity index (χ1n) is 6.52. The molecule has 0 fully saturated rings. The average molecular weight is 273 g/mol. The molecule has 0 aliphatic carbocycles. The Morgan fingerprint density at radius 3 is 2.85 bits per heavy atom. The monoisotopic (exact) mass is 273 g/mol. The summed E-state index contributed by atoms with van der Waals surface area (Å²) < 4.78 is 24.9. The van der Waals surface area contributed by atoms with Gasteiger partial charge in [0.2, 0.25) is 0 Å². The second-order valence-electron chi connectivity index (χ2n) is 4.84. The molecular weight excluding hydrogens is 257 g/mol. The van der Waals surface area contributed by atoms with Crippen molar-refractivity contribution in [2.24, 2.45) is 5.73 Å². The van der Waals surface area contributed by atoms with Gasteiger partial charge in [-0.2, -0.15) is 0 Å². The maximum absolute atomic E-state index is 14.3. The van der Waals surface area contributed by atoms with Gasteiger partial charge in [-0.15, -0.1) is 0 Å². The fraction of sp³-hybridized carbons (Fsp3) is 0.250. The SMILES string of the molecule is COc1cccc(C(N)C2COc3ccccc32)c1F. The summed E-state index contributed by atoms with van der Waals surface area (Å²) in [7, 11) is 1.45. The fourth-order valence-electron chi connectivity index (χ4n) is 2.64. The van der Waals surface area contributed by atoms with E-state index in [9.17, 15) is 4.39 Å². The number of halogens is 1. The molecule has 2 aromatic carbocycles. The van der Waals surface area contributed by atoms with Gasteiger partial charge in [-0.25, -0.2) is 4.39 Å². The Morgan fingerprint density at radius 1 is 1.25 bits per heavy atom. The van der Waals surface area contributed by atoms with E-state index < -0.39 is 11.9 Å². The summed E-state index contributed by atoms with van der Waals surface area (Å²) in [6, 6.07) is 12.3. The van der Waals surface area contributed by atoms with Gasteiger partial charge >= 0.3 is 0 Å². The smallest absolute Gasteiger partial charge is 0.169 e. The molecule has 3 nitrogen and oxygen atoms in total. The number of rotatable bonds is 3. The Bertz CT molecular complexity index is 630. The van der Waals surface area contributed by atoms with Crippen molar-refractivity contribution in [3.05, 3.63) is 59.4 Å². The van der Waals surface area contributed by atoms with Gasteiger partial charge in [-0.05, 0) is 12.1 Å². The number of fused-ring (bicyclic) bond motifs is 1. The Labute approximate surface area is 117 Å². The molecule has 0 bridgehead atoms. The molecule has 1 aliphatic rings. The highest BCUT2D eigenvalue weighted by molar-refractivity contribution is 5.43. The van der Waals surface area contributed by atoms with Crippen LogP contribution in [0.2, 0.25) is 0 Å². The lowest BCUT2D eigenvalue weighted by Crippen LogP contribution is -2.22. The van der Waals surface area contributed by atoms with Crippen LogP contribution in [0.1, 0.15) is 23.1 Å². The second-order valence-corrected chi connectivity index (χ2v) is 4.84. The van der Waals surface area contributed by atoms with E-state index in [0.717, 1.165) is 11.3 Å². The van der Waals surface area contributed by atoms with Gasteiger partial charge in [0.25, 0.3) is 0 Å². The van der Waals surface area contributed by atoms with Crippen molar-refractivity contribution in [1.82, 2.24) is 0 Å². The second kappa shape index (κ2) is 5.13. The van der Waals surface area contributed by atoms with Crippen LogP contribution < -0.4 is 15.2 Å². The van der Waals surface area contributed by atoms with E-state index in [1.807, 2.05) is 24.3 Å². The first-order chi connectivity index (χ1) is 9.72.